The Balaban J connectivity index is 1.70. The summed E-state index contributed by atoms with van der Waals surface area (Å²) in [6.45, 7) is 0.654. The fraction of sp³-hybridized carbons (Fsp3) is 0.278. The van der Waals surface area contributed by atoms with E-state index in [1.807, 2.05) is 0 Å². The molecule has 2 aliphatic rings. The van der Waals surface area contributed by atoms with Gasteiger partial charge in [0, 0.05) is 30.2 Å². The number of urea groups is 1. The lowest BCUT2D eigenvalue weighted by Crippen LogP contribution is -2.46. The average molecular weight is 338 g/mol. The highest BCUT2D eigenvalue weighted by Crippen LogP contribution is 2.35. The third-order valence-corrected chi connectivity index (χ3v) is 4.91. The molecule has 2 aliphatic heterocycles. The number of primary amides is 1. The van der Waals surface area contributed by atoms with Crippen LogP contribution in [0.15, 0.2) is 53.5 Å². The summed E-state index contributed by atoms with van der Waals surface area (Å²) in [5.74, 6) is -0.494. The summed E-state index contributed by atoms with van der Waals surface area (Å²) in [5.41, 5.74) is 6.74. The topological polar surface area (TPSA) is 88.6 Å². The van der Waals surface area contributed by atoms with Gasteiger partial charge in [0.1, 0.15) is 6.04 Å². The Morgan fingerprint density at radius 1 is 1.04 bits per heavy atom. The van der Waals surface area contributed by atoms with Crippen LogP contribution in [0.5, 0.6) is 0 Å². The number of amides is 3. The third-order valence-electron chi connectivity index (χ3n) is 4.91. The van der Waals surface area contributed by atoms with E-state index in [0.29, 0.717) is 17.9 Å². The zero-order chi connectivity index (χ0) is 17.6. The van der Waals surface area contributed by atoms with Crippen molar-refractivity contribution in [2.24, 2.45) is 5.73 Å². The minimum absolute atomic E-state index is 0.136. The number of nitrogens with zero attached hydrogens (tertiary/aromatic N) is 3. The van der Waals surface area contributed by atoms with Crippen LogP contribution in [0.1, 0.15) is 12.8 Å². The van der Waals surface area contributed by atoms with E-state index in [2.05, 4.69) is 0 Å². The summed E-state index contributed by atoms with van der Waals surface area (Å²) >= 11 is 0. The molecule has 128 valence electrons. The highest BCUT2D eigenvalue weighted by molar-refractivity contribution is 6.03. The van der Waals surface area contributed by atoms with Crippen LogP contribution in [0.2, 0.25) is 0 Å². The Bertz CT molecular complexity index is 890. The zero-order valence-corrected chi connectivity index (χ0v) is 13.5. The van der Waals surface area contributed by atoms with Gasteiger partial charge in [-0.15, -0.1) is 0 Å². The van der Waals surface area contributed by atoms with Gasteiger partial charge in [0.05, 0.1) is 6.04 Å². The minimum atomic E-state index is -0.653. The van der Waals surface area contributed by atoms with Crippen molar-refractivity contribution in [1.82, 2.24) is 9.47 Å². The lowest BCUT2D eigenvalue weighted by molar-refractivity contribution is -0.119. The summed E-state index contributed by atoms with van der Waals surface area (Å²) in [4.78, 5) is 39.8. The average Bonchev–Trinajstić information content (AvgIpc) is 3.18. The minimum Gasteiger partial charge on any atom is -0.368 e. The third kappa shape index (κ3) is 2.39. The Kier molecular flexibility index (Phi) is 3.56. The smallest absolute Gasteiger partial charge is 0.325 e. The number of fused-ring (bicyclic) bond motifs is 1. The number of hydrogen-bond donors (Lipinski definition) is 1. The van der Waals surface area contributed by atoms with E-state index >= 15 is 0 Å². The first-order chi connectivity index (χ1) is 12.1. The summed E-state index contributed by atoms with van der Waals surface area (Å²) < 4.78 is 1.51. The van der Waals surface area contributed by atoms with Crippen LogP contribution in [0.3, 0.4) is 0 Å². The van der Waals surface area contributed by atoms with Gasteiger partial charge in [0.15, 0.2) is 0 Å². The molecule has 2 saturated heterocycles. The second-order valence-electron chi connectivity index (χ2n) is 6.33. The second-order valence-corrected chi connectivity index (χ2v) is 6.33. The summed E-state index contributed by atoms with van der Waals surface area (Å²) in [7, 11) is 0. The predicted octanol–water partition coefficient (Wildman–Crippen LogP) is 1.10. The highest BCUT2D eigenvalue weighted by Gasteiger charge is 2.51. The summed E-state index contributed by atoms with van der Waals surface area (Å²) in [6, 6.07) is 10.9. The molecule has 7 heteroatoms. The molecule has 0 spiro atoms. The van der Waals surface area contributed by atoms with Crippen molar-refractivity contribution in [3.63, 3.8) is 0 Å². The predicted molar refractivity (Wildman–Crippen MR) is 92.6 cm³/mol. The van der Waals surface area contributed by atoms with Gasteiger partial charge in [-0.05, 0) is 43.2 Å². The maximum absolute atomic E-state index is 12.7. The van der Waals surface area contributed by atoms with Crippen LogP contribution in [0, 0.1) is 0 Å². The van der Waals surface area contributed by atoms with E-state index in [1.165, 1.54) is 15.5 Å². The van der Waals surface area contributed by atoms with E-state index in [4.69, 9.17) is 5.73 Å². The zero-order valence-electron chi connectivity index (χ0n) is 13.5. The molecule has 1 aromatic carbocycles. The number of carbonyl (C=O) groups excluding carboxylic acids is 2. The molecule has 3 amide bonds. The van der Waals surface area contributed by atoms with Gasteiger partial charge in [-0.25, -0.2) is 4.79 Å². The molecule has 1 unspecified atom stereocenters. The van der Waals surface area contributed by atoms with E-state index in [1.54, 1.807) is 47.5 Å². The maximum Gasteiger partial charge on any atom is 0.325 e. The SMILES string of the molecule is NC(=O)C1[C@H]2CCCN2C(=O)N1c1ccc(-n2ccccc2=O)cc1. The fourth-order valence-electron chi connectivity index (χ4n) is 3.79. The molecule has 2 atom stereocenters. The summed E-state index contributed by atoms with van der Waals surface area (Å²) in [5, 5.41) is 0. The molecule has 2 fully saturated rings. The van der Waals surface area contributed by atoms with Crippen molar-refractivity contribution < 1.29 is 9.59 Å². The number of benzene rings is 1. The maximum atomic E-state index is 12.7. The normalized spacial score (nSPS) is 22.3. The number of rotatable bonds is 3. The second kappa shape index (κ2) is 5.77. The van der Waals surface area contributed by atoms with Crippen molar-refractivity contribution in [1.29, 1.82) is 0 Å². The quantitative estimate of drug-likeness (QED) is 0.909. The van der Waals surface area contributed by atoms with Crippen LogP contribution < -0.4 is 16.2 Å². The van der Waals surface area contributed by atoms with Gasteiger partial charge in [0.25, 0.3) is 5.56 Å². The molecule has 0 bridgehead atoms. The van der Waals surface area contributed by atoms with Gasteiger partial charge in [0.2, 0.25) is 5.91 Å². The lowest BCUT2D eigenvalue weighted by atomic mass is 10.1. The molecule has 1 aromatic heterocycles. The molecular weight excluding hydrogens is 320 g/mol. The van der Waals surface area contributed by atoms with Crippen LogP contribution in [0.25, 0.3) is 5.69 Å². The number of aromatic nitrogens is 1. The number of pyridine rings is 1. The molecule has 0 saturated carbocycles. The molecule has 2 aromatic rings. The van der Waals surface area contributed by atoms with Gasteiger partial charge in [-0.1, -0.05) is 6.07 Å². The first-order valence-electron chi connectivity index (χ1n) is 8.25. The lowest BCUT2D eigenvalue weighted by Gasteiger charge is -2.23. The molecular formula is C18H18N4O3. The molecule has 25 heavy (non-hydrogen) atoms. The van der Waals surface area contributed by atoms with Crippen molar-refractivity contribution in [2.75, 3.05) is 11.4 Å². The molecule has 3 heterocycles. The van der Waals surface area contributed by atoms with E-state index in [-0.39, 0.29) is 17.6 Å². The van der Waals surface area contributed by atoms with Crippen molar-refractivity contribution in [3.05, 3.63) is 59.0 Å². The van der Waals surface area contributed by atoms with Crippen LogP contribution >= 0.6 is 0 Å². The van der Waals surface area contributed by atoms with Gasteiger partial charge < -0.3 is 10.6 Å². The van der Waals surface area contributed by atoms with Crippen LogP contribution in [0.4, 0.5) is 10.5 Å². The van der Waals surface area contributed by atoms with Crippen LogP contribution in [-0.2, 0) is 4.79 Å². The standard InChI is InChI=1S/C18H18N4O3/c19-17(24)16-14-4-3-11-21(14)18(25)22(16)13-8-6-12(7-9-13)20-10-2-1-5-15(20)23/h1-2,5-10,14,16H,3-4,11H2,(H2,19,24)/t14-,16?/m1/s1. The van der Waals surface area contributed by atoms with Crippen LogP contribution in [-0.4, -0.2) is 40.0 Å². The van der Waals surface area contributed by atoms with E-state index < -0.39 is 11.9 Å². The number of hydrogen-bond acceptors (Lipinski definition) is 3. The Labute approximate surface area is 144 Å². The van der Waals surface area contributed by atoms with E-state index in [9.17, 15) is 14.4 Å². The fourth-order valence-corrected chi connectivity index (χ4v) is 3.79. The molecule has 7 nitrogen and oxygen atoms in total. The molecule has 0 radical (unpaired) electrons. The highest BCUT2D eigenvalue weighted by atomic mass is 16.2. The largest absolute Gasteiger partial charge is 0.368 e. The molecule has 4 rings (SSSR count). The van der Waals surface area contributed by atoms with Gasteiger partial charge in [-0.2, -0.15) is 0 Å². The van der Waals surface area contributed by atoms with Crippen molar-refractivity contribution >= 4 is 17.6 Å². The number of anilines is 1. The Hall–Kier alpha value is -3.09. The van der Waals surface area contributed by atoms with Gasteiger partial charge >= 0.3 is 6.03 Å². The first-order valence-corrected chi connectivity index (χ1v) is 8.25. The Morgan fingerprint density at radius 2 is 1.76 bits per heavy atom. The first kappa shape index (κ1) is 15.4. The summed E-state index contributed by atoms with van der Waals surface area (Å²) in [6.07, 6.45) is 3.36. The molecule has 2 N–H and O–H groups in total. The monoisotopic (exact) mass is 338 g/mol. The Morgan fingerprint density at radius 3 is 2.44 bits per heavy atom. The van der Waals surface area contributed by atoms with E-state index in [0.717, 1.165) is 12.8 Å². The number of carbonyl (C=O) groups is 2. The van der Waals surface area contributed by atoms with Crippen molar-refractivity contribution in [2.45, 2.75) is 24.9 Å². The number of nitrogens with two attached hydrogens (primary N) is 1. The molecule has 0 aliphatic carbocycles. The van der Waals surface area contributed by atoms with Gasteiger partial charge in [-0.3, -0.25) is 19.1 Å². The van der Waals surface area contributed by atoms with Crippen molar-refractivity contribution in [3.8, 4) is 5.69 Å².